The molecule has 15 heavy (non-hydrogen) atoms. The monoisotopic (exact) mass is 209 g/mol. The molecule has 0 aliphatic rings. The van der Waals surface area contributed by atoms with Crippen molar-refractivity contribution in [2.75, 3.05) is 0 Å². The number of benzene rings is 1. The maximum Gasteiger partial charge on any atom is 0.405 e. The first kappa shape index (κ1) is 11.2. The highest BCUT2D eigenvalue weighted by atomic mass is 19.1. The normalized spacial score (nSPS) is 11.9. The Bertz CT molecular complexity index is 390. The van der Waals surface area contributed by atoms with E-state index in [1.165, 1.54) is 6.07 Å². The van der Waals surface area contributed by atoms with Gasteiger partial charge in [0.2, 0.25) is 0 Å². The number of carboxylic acid groups (broad SMARTS) is 1. The van der Waals surface area contributed by atoms with Crippen LogP contribution in [0.25, 0.3) is 6.08 Å². The molecule has 3 nitrogen and oxygen atoms in total. The summed E-state index contributed by atoms with van der Waals surface area (Å²) in [5.74, 6) is -0.429. The van der Waals surface area contributed by atoms with E-state index in [0.717, 1.165) is 5.56 Å². The molecule has 0 aliphatic heterocycles. The summed E-state index contributed by atoms with van der Waals surface area (Å²) in [5, 5.41) is 10.7. The van der Waals surface area contributed by atoms with Crippen molar-refractivity contribution in [3.63, 3.8) is 0 Å². The third kappa shape index (κ3) is 2.80. The fraction of sp³-hybridized carbons (Fsp3) is 0.182. The highest BCUT2D eigenvalue weighted by Crippen LogP contribution is 2.18. The van der Waals surface area contributed by atoms with Gasteiger partial charge in [-0.1, -0.05) is 18.7 Å². The molecule has 0 spiro atoms. The van der Waals surface area contributed by atoms with E-state index in [1.807, 2.05) is 0 Å². The lowest BCUT2D eigenvalue weighted by Crippen LogP contribution is -2.25. The molecule has 1 aromatic carbocycles. The molecule has 0 heterocycles. The van der Waals surface area contributed by atoms with Crippen molar-refractivity contribution in [2.24, 2.45) is 0 Å². The summed E-state index contributed by atoms with van der Waals surface area (Å²) >= 11 is 0. The summed E-state index contributed by atoms with van der Waals surface area (Å²) in [6.45, 7) is 5.15. The van der Waals surface area contributed by atoms with Crippen molar-refractivity contribution in [2.45, 2.75) is 13.0 Å². The average Bonchev–Trinajstić information content (AvgIpc) is 2.17. The minimum absolute atomic E-state index is 0.315. The summed E-state index contributed by atoms with van der Waals surface area (Å²) < 4.78 is 13.3. The lowest BCUT2D eigenvalue weighted by Gasteiger charge is -2.13. The van der Waals surface area contributed by atoms with Gasteiger partial charge in [-0.15, -0.1) is 0 Å². The fourth-order valence-electron chi connectivity index (χ4n) is 1.28. The molecular formula is C11H12FNO2. The number of hydrogen-bond acceptors (Lipinski definition) is 1. The molecule has 2 N–H and O–H groups in total. The lowest BCUT2D eigenvalue weighted by molar-refractivity contribution is 0.190. The summed E-state index contributed by atoms with van der Waals surface area (Å²) in [6, 6.07) is 3.87. The average molecular weight is 209 g/mol. The Kier molecular flexibility index (Phi) is 3.44. The minimum Gasteiger partial charge on any atom is -0.465 e. The second-order valence-electron chi connectivity index (χ2n) is 3.16. The number of nitrogens with one attached hydrogen (secondary N) is 1. The van der Waals surface area contributed by atoms with Gasteiger partial charge < -0.3 is 10.4 Å². The quantitative estimate of drug-likeness (QED) is 0.804. The Morgan fingerprint density at radius 1 is 1.67 bits per heavy atom. The predicted octanol–water partition coefficient (Wildman–Crippen LogP) is 2.80. The van der Waals surface area contributed by atoms with Gasteiger partial charge in [0.15, 0.2) is 0 Å². The van der Waals surface area contributed by atoms with Gasteiger partial charge in [0.1, 0.15) is 5.82 Å². The van der Waals surface area contributed by atoms with Gasteiger partial charge in [0.25, 0.3) is 0 Å². The van der Waals surface area contributed by atoms with Gasteiger partial charge in [-0.25, -0.2) is 9.18 Å². The number of halogens is 1. The van der Waals surface area contributed by atoms with Crippen LogP contribution in [0.4, 0.5) is 9.18 Å². The first-order valence-electron chi connectivity index (χ1n) is 4.46. The van der Waals surface area contributed by atoms with Crippen LogP contribution in [0.15, 0.2) is 24.8 Å². The summed E-state index contributed by atoms with van der Waals surface area (Å²) in [7, 11) is 0. The molecule has 0 radical (unpaired) electrons. The van der Waals surface area contributed by atoms with Crippen LogP contribution < -0.4 is 5.32 Å². The molecule has 1 atom stereocenters. The van der Waals surface area contributed by atoms with Crippen LogP contribution in [-0.2, 0) is 0 Å². The predicted molar refractivity (Wildman–Crippen MR) is 56.1 cm³/mol. The van der Waals surface area contributed by atoms with Crippen LogP contribution in [0.1, 0.15) is 24.1 Å². The summed E-state index contributed by atoms with van der Waals surface area (Å²) in [5.41, 5.74) is 1.07. The second kappa shape index (κ2) is 4.59. The summed E-state index contributed by atoms with van der Waals surface area (Å²) in [6.07, 6.45) is 0.405. The molecule has 1 amide bonds. The zero-order valence-electron chi connectivity index (χ0n) is 8.33. The van der Waals surface area contributed by atoms with Gasteiger partial charge in [-0.2, -0.15) is 0 Å². The number of amides is 1. The molecule has 0 saturated heterocycles. The molecule has 80 valence electrons. The van der Waals surface area contributed by atoms with Crippen LogP contribution >= 0.6 is 0 Å². The van der Waals surface area contributed by atoms with Gasteiger partial charge >= 0.3 is 6.09 Å². The van der Waals surface area contributed by atoms with Gasteiger partial charge in [-0.3, -0.25) is 0 Å². The Labute approximate surface area is 87.2 Å². The van der Waals surface area contributed by atoms with Crippen molar-refractivity contribution >= 4 is 12.2 Å². The molecule has 0 saturated carbocycles. The van der Waals surface area contributed by atoms with Crippen molar-refractivity contribution in [1.29, 1.82) is 0 Å². The molecule has 1 rings (SSSR count). The van der Waals surface area contributed by atoms with E-state index >= 15 is 0 Å². The number of rotatable bonds is 3. The first-order chi connectivity index (χ1) is 7.04. The molecular weight excluding hydrogens is 197 g/mol. The van der Waals surface area contributed by atoms with Crippen molar-refractivity contribution in [1.82, 2.24) is 5.32 Å². The molecule has 1 aromatic rings. The van der Waals surface area contributed by atoms with E-state index in [4.69, 9.17) is 5.11 Å². The Morgan fingerprint density at radius 2 is 2.33 bits per heavy atom. The van der Waals surface area contributed by atoms with E-state index in [9.17, 15) is 9.18 Å². The topological polar surface area (TPSA) is 49.3 Å². The largest absolute Gasteiger partial charge is 0.465 e. The van der Waals surface area contributed by atoms with E-state index in [2.05, 4.69) is 11.9 Å². The van der Waals surface area contributed by atoms with Crippen molar-refractivity contribution in [3.05, 3.63) is 41.7 Å². The lowest BCUT2D eigenvalue weighted by atomic mass is 10.0. The summed E-state index contributed by atoms with van der Waals surface area (Å²) in [4.78, 5) is 10.4. The molecule has 0 aromatic heterocycles. The Balaban J connectivity index is 3.00. The minimum atomic E-state index is -1.18. The number of hydrogen-bond donors (Lipinski definition) is 2. The van der Waals surface area contributed by atoms with E-state index in [1.54, 1.807) is 25.1 Å². The van der Waals surface area contributed by atoms with Gasteiger partial charge in [-0.05, 0) is 24.6 Å². The standard InChI is InChI=1S/C11H12FNO2/c1-3-8-4-5-10(12)9(6-8)7(2)13-11(14)15/h3-7,13H,1H2,2H3,(H,14,15)/t7-/m1/s1. The third-order valence-corrected chi connectivity index (χ3v) is 2.06. The van der Waals surface area contributed by atoms with Crippen LogP contribution in [0, 0.1) is 5.82 Å². The van der Waals surface area contributed by atoms with Crippen LogP contribution in [0.5, 0.6) is 0 Å². The SMILES string of the molecule is C=Cc1ccc(F)c([C@@H](C)NC(=O)O)c1. The van der Waals surface area contributed by atoms with Crippen LogP contribution in [-0.4, -0.2) is 11.2 Å². The van der Waals surface area contributed by atoms with Crippen molar-refractivity contribution in [3.8, 4) is 0 Å². The van der Waals surface area contributed by atoms with Crippen molar-refractivity contribution < 1.29 is 14.3 Å². The Hall–Kier alpha value is -1.84. The molecule has 0 fully saturated rings. The maximum atomic E-state index is 13.3. The van der Waals surface area contributed by atoms with E-state index < -0.39 is 18.0 Å². The smallest absolute Gasteiger partial charge is 0.405 e. The van der Waals surface area contributed by atoms with Gasteiger partial charge in [0, 0.05) is 5.56 Å². The number of carbonyl (C=O) groups is 1. The van der Waals surface area contributed by atoms with Crippen LogP contribution in [0.3, 0.4) is 0 Å². The first-order valence-corrected chi connectivity index (χ1v) is 4.46. The molecule has 4 heteroatoms. The zero-order chi connectivity index (χ0) is 11.4. The highest BCUT2D eigenvalue weighted by Gasteiger charge is 2.12. The van der Waals surface area contributed by atoms with Crippen LogP contribution in [0.2, 0.25) is 0 Å². The fourth-order valence-corrected chi connectivity index (χ4v) is 1.28. The molecule has 0 bridgehead atoms. The van der Waals surface area contributed by atoms with E-state index in [0.29, 0.717) is 5.56 Å². The maximum absolute atomic E-state index is 13.3. The highest BCUT2D eigenvalue weighted by molar-refractivity contribution is 5.65. The third-order valence-electron chi connectivity index (χ3n) is 2.06. The second-order valence-corrected chi connectivity index (χ2v) is 3.16. The Morgan fingerprint density at radius 3 is 2.87 bits per heavy atom. The molecule has 0 unspecified atom stereocenters. The zero-order valence-corrected chi connectivity index (χ0v) is 8.33. The van der Waals surface area contributed by atoms with Gasteiger partial charge in [0.05, 0.1) is 6.04 Å². The van der Waals surface area contributed by atoms with E-state index in [-0.39, 0.29) is 0 Å². The molecule has 0 aliphatic carbocycles.